The minimum absolute atomic E-state index is 0.229. The van der Waals surface area contributed by atoms with Crippen molar-refractivity contribution in [2.45, 2.75) is 204 Å². The Morgan fingerprint density at radius 3 is 1.42 bits per heavy atom. The third-order valence-electron chi connectivity index (χ3n) is 8.81. The molecule has 43 heavy (non-hydrogen) atoms. The molecule has 0 saturated carbocycles. The fraction of sp³-hybridized carbons (Fsp3) is 0.914. The van der Waals surface area contributed by atoms with E-state index in [1.165, 1.54) is 51.4 Å². The first-order valence-corrected chi connectivity index (χ1v) is 17.6. The number of esters is 1. The molecule has 6 N–H and O–H groups in total. The minimum Gasteiger partial charge on any atom is -0.455 e. The lowest BCUT2D eigenvalue weighted by Crippen LogP contribution is -2.31. The maximum atomic E-state index is 11.6. The number of ether oxygens (including phenoxy) is 1. The molecule has 7 atom stereocenters. The lowest BCUT2D eigenvalue weighted by Gasteiger charge is -2.22. The van der Waals surface area contributed by atoms with E-state index in [4.69, 9.17) is 4.74 Å². The number of cyclic esters (lactones) is 1. The van der Waals surface area contributed by atoms with Gasteiger partial charge in [-0.05, 0) is 64.4 Å². The predicted octanol–water partition coefficient (Wildman–Crippen LogP) is 6.02. The summed E-state index contributed by atoms with van der Waals surface area (Å²) in [6.07, 6.45) is 17.3. The SMILES string of the molecule is CCCCCCCCCCCC[C@@H](O)[C@@H](O)CC[C@H](O)[C@H](O)CCCCCC[C@@H](O)CCC[C@@H](O)CC1=C[C@H](C)OC1=O. The van der Waals surface area contributed by atoms with Crippen molar-refractivity contribution in [3.05, 3.63) is 11.6 Å². The van der Waals surface area contributed by atoms with Crippen LogP contribution < -0.4 is 0 Å². The molecular weight excluding hydrogens is 548 g/mol. The molecule has 0 aromatic carbocycles. The highest BCUT2D eigenvalue weighted by atomic mass is 16.5. The first kappa shape index (κ1) is 40.0. The standard InChI is InChI=1S/C35H66O8/c1-3-4-5-6-7-8-9-10-11-15-21-31(38)33(40)23-24-34(41)32(39)22-16-13-12-14-18-29(36)19-17-20-30(37)26-28-25-27(2)43-35(28)42/h25,27,29-34,36-41H,3-24,26H2,1-2H3/t27-,29+,30+,31+,32+,33-,34-/m0/s1. The zero-order valence-electron chi connectivity index (χ0n) is 27.4. The molecule has 8 nitrogen and oxygen atoms in total. The smallest absolute Gasteiger partial charge is 0.334 e. The maximum Gasteiger partial charge on any atom is 0.334 e. The number of carbonyl (C=O) groups is 1. The zero-order valence-corrected chi connectivity index (χ0v) is 27.4. The summed E-state index contributed by atoms with van der Waals surface area (Å²) in [5, 5.41) is 61.5. The summed E-state index contributed by atoms with van der Waals surface area (Å²) in [6, 6.07) is 0. The van der Waals surface area contributed by atoms with Gasteiger partial charge in [0.1, 0.15) is 6.10 Å². The fourth-order valence-electron chi connectivity index (χ4n) is 5.91. The van der Waals surface area contributed by atoms with E-state index in [1.54, 1.807) is 13.0 Å². The van der Waals surface area contributed by atoms with Gasteiger partial charge in [-0.3, -0.25) is 0 Å². The van der Waals surface area contributed by atoms with E-state index >= 15 is 0 Å². The Hall–Kier alpha value is -1.03. The number of aliphatic hydroxyl groups is 6. The second kappa shape index (κ2) is 25.2. The summed E-state index contributed by atoms with van der Waals surface area (Å²) < 4.78 is 5.04. The molecule has 1 rings (SSSR count). The van der Waals surface area contributed by atoms with Gasteiger partial charge in [-0.15, -0.1) is 0 Å². The van der Waals surface area contributed by atoms with Crippen LogP contribution in [0.25, 0.3) is 0 Å². The van der Waals surface area contributed by atoms with Crippen LogP contribution >= 0.6 is 0 Å². The van der Waals surface area contributed by atoms with Crippen molar-refractivity contribution in [2.75, 3.05) is 0 Å². The number of hydrogen-bond acceptors (Lipinski definition) is 8. The summed E-state index contributed by atoms with van der Waals surface area (Å²) in [4.78, 5) is 11.6. The van der Waals surface area contributed by atoms with Crippen molar-refractivity contribution < 1.29 is 40.2 Å². The van der Waals surface area contributed by atoms with Crippen LogP contribution in [-0.2, 0) is 9.53 Å². The van der Waals surface area contributed by atoms with Crippen molar-refractivity contribution in [1.29, 1.82) is 0 Å². The quantitative estimate of drug-likeness (QED) is 0.0443. The van der Waals surface area contributed by atoms with E-state index in [9.17, 15) is 35.4 Å². The van der Waals surface area contributed by atoms with Gasteiger partial charge in [-0.2, -0.15) is 0 Å². The van der Waals surface area contributed by atoms with E-state index < -0.39 is 36.6 Å². The van der Waals surface area contributed by atoms with Gasteiger partial charge in [0.15, 0.2) is 0 Å². The second-order valence-corrected chi connectivity index (χ2v) is 13.1. The highest BCUT2D eigenvalue weighted by Gasteiger charge is 2.24. The summed E-state index contributed by atoms with van der Waals surface area (Å²) in [5.41, 5.74) is 0.532. The zero-order chi connectivity index (χ0) is 31.9. The van der Waals surface area contributed by atoms with E-state index in [1.807, 2.05) is 0 Å². The van der Waals surface area contributed by atoms with Crippen LogP contribution in [0, 0.1) is 0 Å². The summed E-state index contributed by atoms with van der Waals surface area (Å²) in [5.74, 6) is -0.350. The van der Waals surface area contributed by atoms with Crippen LogP contribution in [0.2, 0.25) is 0 Å². The Labute approximate surface area is 261 Å². The fourth-order valence-corrected chi connectivity index (χ4v) is 5.91. The molecule has 0 aliphatic carbocycles. The van der Waals surface area contributed by atoms with Crippen molar-refractivity contribution in [2.24, 2.45) is 0 Å². The summed E-state index contributed by atoms with van der Waals surface area (Å²) in [6.45, 7) is 4.02. The number of rotatable bonds is 29. The van der Waals surface area contributed by atoms with Gasteiger partial charge in [0.05, 0.1) is 36.6 Å². The van der Waals surface area contributed by atoms with E-state index in [0.717, 1.165) is 38.5 Å². The molecule has 0 amide bonds. The molecular formula is C35H66O8. The Bertz CT molecular complexity index is 714. The van der Waals surface area contributed by atoms with Crippen molar-refractivity contribution >= 4 is 5.97 Å². The molecule has 0 unspecified atom stereocenters. The van der Waals surface area contributed by atoms with Crippen molar-refractivity contribution in [3.8, 4) is 0 Å². The number of aliphatic hydroxyl groups excluding tert-OH is 6. The number of carbonyl (C=O) groups excluding carboxylic acids is 1. The highest BCUT2D eigenvalue weighted by molar-refractivity contribution is 5.90. The van der Waals surface area contributed by atoms with Crippen LogP contribution in [-0.4, -0.2) is 79.3 Å². The lowest BCUT2D eigenvalue weighted by atomic mass is 9.96. The first-order chi connectivity index (χ1) is 20.6. The van der Waals surface area contributed by atoms with Gasteiger partial charge in [0.25, 0.3) is 0 Å². The molecule has 1 heterocycles. The van der Waals surface area contributed by atoms with E-state index in [2.05, 4.69) is 6.92 Å². The van der Waals surface area contributed by atoms with Gasteiger partial charge in [0, 0.05) is 12.0 Å². The van der Waals surface area contributed by atoms with Gasteiger partial charge in [-0.1, -0.05) is 96.8 Å². The Balaban J connectivity index is 1.98. The molecule has 0 aromatic rings. The molecule has 0 bridgehead atoms. The molecule has 8 heteroatoms. The Kier molecular flexibility index (Phi) is 23.4. The van der Waals surface area contributed by atoms with Crippen LogP contribution in [0.15, 0.2) is 11.6 Å². The van der Waals surface area contributed by atoms with Gasteiger partial charge < -0.3 is 35.4 Å². The van der Waals surface area contributed by atoms with E-state index in [0.29, 0.717) is 50.5 Å². The predicted molar refractivity (Wildman–Crippen MR) is 172 cm³/mol. The molecule has 0 radical (unpaired) electrons. The van der Waals surface area contributed by atoms with Crippen LogP contribution in [0.4, 0.5) is 0 Å². The van der Waals surface area contributed by atoms with Crippen molar-refractivity contribution in [3.63, 3.8) is 0 Å². The third-order valence-corrected chi connectivity index (χ3v) is 8.81. The second-order valence-electron chi connectivity index (χ2n) is 13.1. The van der Waals surface area contributed by atoms with Crippen LogP contribution in [0.1, 0.15) is 162 Å². The van der Waals surface area contributed by atoms with Gasteiger partial charge in [-0.25, -0.2) is 4.79 Å². The van der Waals surface area contributed by atoms with Crippen LogP contribution in [0.5, 0.6) is 0 Å². The Morgan fingerprint density at radius 2 is 0.953 bits per heavy atom. The van der Waals surface area contributed by atoms with E-state index in [-0.39, 0.29) is 24.9 Å². The molecule has 1 aliphatic heterocycles. The monoisotopic (exact) mass is 614 g/mol. The molecule has 254 valence electrons. The van der Waals surface area contributed by atoms with Gasteiger partial charge >= 0.3 is 5.97 Å². The summed E-state index contributed by atoms with van der Waals surface area (Å²) in [7, 11) is 0. The topological polar surface area (TPSA) is 148 Å². The average molecular weight is 615 g/mol. The lowest BCUT2D eigenvalue weighted by molar-refractivity contribution is -0.139. The van der Waals surface area contributed by atoms with Gasteiger partial charge in [0.2, 0.25) is 0 Å². The third kappa shape index (κ3) is 20.6. The maximum absolute atomic E-state index is 11.6. The summed E-state index contributed by atoms with van der Waals surface area (Å²) >= 11 is 0. The Morgan fingerprint density at radius 1 is 0.558 bits per heavy atom. The van der Waals surface area contributed by atoms with Crippen molar-refractivity contribution in [1.82, 2.24) is 0 Å². The largest absolute Gasteiger partial charge is 0.455 e. The molecule has 0 fully saturated rings. The first-order valence-electron chi connectivity index (χ1n) is 17.6. The normalized spacial score (nSPS) is 19.5. The molecule has 0 aromatic heterocycles. The highest BCUT2D eigenvalue weighted by Crippen LogP contribution is 2.21. The molecule has 0 spiro atoms. The molecule has 1 aliphatic rings. The molecule has 0 saturated heterocycles. The number of unbranched alkanes of at least 4 members (excludes halogenated alkanes) is 12. The van der Waals surface area contributed by atoms with Crippen LogP contribution in [0.3, 0.4) is 0 Å². The number of hydrogen-bond donors (Lipinski definition) is 6. The average Bonchev–Trinajstić information content (AvgIpc) is 3.29. The minimum atomic E-state index is -0.907.